The van der Waals surface area contributed by atoms with Gasteiger partial charge in [-0.25, -0.2) is 0 Å². The average molecular weight is 158 g/mol. The van der Waals surface area contributed by atoms with Gasteiger partial charge in [-0.2, -0.15) is 5.26 Å². The fraction of sp³-hybridized carbons (Fsp3) is 0.857. The van der Waals surface area contributed by atoms with Gasteiger partial charge in [0.25, 0.3) is 0 Å². The van der Waals surface area contributed by atoms with E-state index in [2.05, 4.69) is 5.32 Å². The van der Waals surface area contributed by atoms with Crippen molar-refractivity contribution < 1.29 is 9.47 Å². The van der Waals surface area contributed by atoms with Crippen molar-refractivity contribution in [1.29, 1.82) is 5.26 Å². The van der Waals surface area contributed by atoms with Crippen LogP contribution in [0.3, 0.4) is 0 Å². The number of methoxy groups -OCH3 is 1. The highest BCUT2D eigenvalue weighted by molar-refractivity contribution is 4.72. The summed E-state index contributed by atoms with van der Waals surface area (Å²) in [6, 6.07) is 1.98. The molecule has 0 aromatic carbocycles. The van der Waals surface area contributed by atoms with Crippen LogP contribution < -0.4 is 5.32 Å². The van der Waals surface area contributed by atoms with Gasteiger partial charge < -0.3 is 14.8 Å². The highest BCUT2D eigenvalue weighted by atomic mass is 16.5. The summed E-state index contributed by atoms with van der Waals surface area (Å²) < 4.78 is 9.90. The molecule has 1 N–H and O–H groups in total. The van der Waals surface area contributed by atoms with Crippen LogP contribution in [0.1, 0.15) is 0 Å². The van der Waals surface area contributed by atoms with Gasteiger partial charge in [0, 0.05) is 13.7 Å². The quantitative estimate of drug-likeness (QED) is 0.410. The molecular weight excluding hydrogens is 144 g/mol. The van der Waals surface area contributed by atoms with Gasteiger partial charge in [0.1, 0.15) is 0 Å². The Morgan fingerprint density at radius 3 is 2.82 bits per heavy atom. The summed E-state index contributed by atoms with van der Waals surface area (Å²) in [5.74, 6) is 0. The van der Waals surface area contributed by atoms with Crippen molar-refractivity contribution in [1.82, 2.24) is 5.32 Å². The summed E-state index contributed by atoms with van der Waals surface area (Å²) in [7, 11) is 1.64. The predicted octanol–water partition coefficient (Wildman–Crippen LogP) is -0.237. The van der Waals surface area contributed by atoms with E-state index >= 15 is 0 Å². The molecule has 0 aliphatic rings. The third kappa shape index (κ3) is 9.37. The van der Waals surface area contributed by atoms with E-state index in [1.165, 1.54) is 0 Å². The van der Waals surface area contributed by atoms with Gasteiger partial charge in [-0.05, 0) is 0 Å². The van der Waals surface area contributed by atoms with Crippen LogP contribution in [-0.2, 0) is 9.47 Å². The summed E-state index contributed by atoms with van der Waals surface area (Å²) in [5.41, 5.74) is 0. The molecule has 0 heterocycles. The Bertz CT molecular complexity index is 111. The molecule has 0 bridgehead atoms. The summed E-state index contributed by atoms with van der Waals surface area (Å²) >= 11 is 0. The lowest BCUT2D eigenvalue weighted by Gasteiger charge is -2.02. The molecule has 0 aromatic rings. The van der Waals surface area contributed by atoms with Gasteiger partial charge in [-0.15, -0.1) is 0 Å². The van der Waals surface area contributed by atoms with E-state index in [-0.39, 0.29) is 0 Å². The van der Waals surface area contributed by atoms with Crippen LogP contribution in [-0.4, -0.2) is 40.0 Å². The van der Waals surface area contributed by atoms with Gasteiger partial charge in [0.05, 0.1) is 32.4 Å². The molecule has 0 atom stereocenters. The number of rotatable bonds is 7. The van der Waals surface area contributed by atoms with Crippen LogP contribution >= 0.6 is 0 Å². The zero-order chi connectivity index (χ0) is 8.36. The van der Waals surface area contributed by atoms with Crippen molar-refractivity contribution in [2.45, 2.75) is 0 Å². The number of nitrogens with zero attached hydrogens (tertiary/aromatic N) is 1. The molecule has 0 aliphatic carbocycles. The van der Waals surface area contributed by atoms with Gasteiger partial charge in [0.2, 0.25) is 0 Å². The van der Waals surface area contributed by atoms with E-state index in [0.29, 0.717) is 26.4 Å². The monoisotopic (exact) mass is 158 g/mol. The Hall–Kier alpha value is -0.630. The van der Waals surface area contributed by atoms with E-state index in [0.717, 1.165) is 6.54 Å². The Morgan fingerprint density at radius 2 is 2.18 bits per heavy atom. The second-order valence-corrected chi connectivity index (χ2v) is 1.94. The Labute approximate surface area is 67.1 Å². The van der Waals surface area contributed by atoms with E-state index in [1.807, 2.05) is 6.07 Å². The van der Waals surface area contributed by atoms with E-state index in [1.54, 1.807) is 7.11 Å². The van der Waals surface area contributed by atoms with Crippen LogP contribution in [0.15, 0.2) is 0 Å². The van der Waals surface area contributed by atoms with E-state index < -0.39 is 0 Å². The highest BCUT2D eigenvalue weighted by Gasteiger charge is 1.86. The second-order valence-electron chi connectivity index (χ2n) is 1.94. The first-order valence-electron chi connectivity index (χ1n) is 3.56. The van der Waals surface area contributed by atoms with Crippen molar-refractivity contribution >= 4 is 0 Å². The lowest BCUT2D eigenvalue weighted by atomic mass is 10.6. The van der Waals surface area contributed by atoms with Crippen molar-refractivity contribution in [2.24, 2.45) is 0 Å². The first kappa shape index (κ1) is 10.4. The summed E-state index contributed by atoms with van der Waals surface area (Å²) in [6.07, 6.45) is 0. The van der Waals surface area contributed by atoms with E-state index in [9.17, 15) is 0 Å². The number of nitrogens with one attached hydrogen (secondary N) is 1. The number of hydrogen-bond acceptors (Lipinski definition) is 4. The topological polar surface area (TPSA) is 54.3 Å². The van der Waals surface area contributed by atoms with Crippen LogP contribution in [0.2, 0.25) is 0 Å². The SMILES string of the molecule is COCCOCCNCC#N. The third-order valence-corrected chi connectivity index (χ3v) is 1.06. The van der Waals surface area contributed by atoms with Gasteiger partial charge >= 0.3 is 0 Å². The smallest absolute Gasteiger partial charge is 0.0841 e. The summed E-state index contributed by atoms with van der Waals surface area (Å²) in [6.45, 7) is 2.97. The molecule has 0 amide bonds. The molecular formula is C7H14N2O2. The molecule has 4 heteroatoms. The number of nitriles is 1. The number of ether oxygens (including phenoxy) is 2. The molecule has 0 radical (unpaired) electrons. The standard InChI is InChI=1S/C7H14N2O2/c1-10-6-7-11-5-4-9-3-2-8/h9H,3-7H2,1H3. The first-order chi connectivity index (χ1) is 5.41. The summed E-state index contributed by atoms with van der Waals surface area (Å²) in [4.78, 5) is 0. The largest absolute Gasteiger partial charge is 0.382 e. The molecule has 11 heavy (non-hydrogen) atoms. The molecule has 0 spiro atoms. The molecule has 0 unspecified atom stereocenters. The maximum Gasteiger partial charge on any atom is 0.0841 e. The molecule has 0 fully saturated rings. The highest BCUT2D eigenvalue weighted by Crippen LogP contribution is 1.73. The van der Waals surface area contributed by atoms with Crippen LogP contribution in [0.5, 0.6) is 0 Å². The molecule has 0 aliphatic heterocycles. The van der Waals surface area contributed by atoms with Crippen LogP contribution in [0.25, 0.3) is 0 Å². The van der Waals surface area contributed by atoms with Gasteiger partial charge in [-0.3, -0.25) is 0 Å². The predicted molar refractivity (Wildman–Crippen MR) is 41.2 cm³/mol. The first-order valence-corrected chi connectivity index (χ1v) is 3.56. The molecule has 0 aromatic heterocycles. The van der Waals surface area contributed by atoms with E-state index in [4.69, 9.17) is 14.7 Å². The third-order valence-electron chi connectivity index (χ3n) is 1.06. The lowest BCUT2D eigenvalue weighted by Crippen LogP contribution is -2.20. The Balaban J connectivity index is 2.75. The average Bonchev–Trinajstić information content (AvgIpc) is 2.03. The van der Waals surface area contributed by atoms with Crippen molar-refractivity contribution in [2.75, 3.05) is 40.0 Å². The molecule has 0 saturated carbocycles. The van der Waals surface area contributed by atoms with Gasteiger partial charge in [-0.1, -0.05) is 0 Å². The fourth-order valence-corrected chi connectivity index (χ4v) is 0.533. The fourth-order valence-electron chi connectivity index (χ4n) is 0.533. The minimum atomic E-state index is 0.383. The number of hydrogen-bond donors (Lipinski definition) is 1. The zero-order valence-corrected chi connectivity index (χ0v) is 6.80. The second kappa shape index (κ2) is 9.37. The zero-order valence-electron chi connectivity index (χ0n) is 6.80. The minimum absolute atomic E-state index is 0.383. The maximum atomic E-state index is 8.13. The lowest BCUT2D eigenvalue weighted by molar-refractivity contribution is 0.0723. The maximum absolute atomic E-state index is 8.13. The van der Waals surface area contributed by atoms with Gasteiger partial charge in [0.15, 0.2) is 0 Å². The Morgan fingerprint density at radius 1 is 1.36 bits per heavy atom. The van der Waals surface area contributed by atoms with Crippen LogP contribution in [0, 0.1) is 11.3 Å². The van der Waals surface area contributed by atoms with Crippen molar-refractivity contribution in [3.63, 3.8) is 0 Å². The molecule has 0 rings (SSSR count). The molecule has 4 nitrogen and oxygen atoms in total. The van der Waals surface area contributed by atoms with Crippen molar-refractivity contribution in [3.8, 4) is 6.07 Å². The normalized spacial score (nSPS) is 9.45. The Kier molecular flexibility index (Phi) is 8.83. The summed E-state index contributed by atoms with van der Waals surface area (Å²) in [5, 5.41) is 11.0. The molecule has 0 saturated heterocycles. The molecule has 64 valence electrons. The van der Waals surface area contributed by atoms with Crippen molar-refractivity contribution in [3.05, 3.63) is 0 Å². The minimum Gasteiger partial charge on any atom is -0.382 e. The van der Waals surface area contributed by atoms with Crippen LogP contribution in [0.4, 0.5) is 0 Å².